The molecule has 0 spiro atoms. The van der Waals surface area contributed by atoms with E-state index in [1.165, 1.54) is 0 Å². The molecule has 2 heterocycles. The standard InChI is InChI=1S/C14H13Cl2N3O/c1-18-7-5-11(14(18)20)19-8-6-17-13(19)12-9(15)3-2-4-10(12)16/h2-4,6,8,11H,5,7H2,1H3. The topological polar surface area (TPSA) is 38.1 Å². The molecule has 20 heavy (non-hydrogen) atoms. The van der Waals surface area contributed by atoms with E-state index in [9.17, 15) is 4.79 Å². The van der Waals surface area contributed by atoms with Gasteiger partial charge in [-0.15, -0.1) is 0 Å². The zero-order chi connectivity index (χ0) is 14.3. The van der Waals surface area contributed by atoms with Crippen molar-refractivity contribution in [1.82, 2.24) is 14.5 Å². The third-order valence-electron chi connectivity index (χ3n) is 3.59. The van der Waals surface area contributed by atoms with Crippen LogP contribution < -0.4 is 0 Å². The molecule has 1 amide bonds. The van der Waals surface area contributed by atoms with E-state index in [-0.39, 0.29) is 11.9 Å². The van der Waals surface area contributed by atoms with Gasteiger partial charge in [-0.25, -0.2) is 4.98 Å². The Morgan fingerprint density at radius 2 is 2.00 bits per heavy atom. The fraction of sp³-hybridized carbons (Fsp3) is 0.286. The fourth-order valence-corrected chi connectivity index (χ4v) is 3.10. The number of nitrogens with zero attached hydrogens (tertiary/aromatic N) is 3. The highest BCUT2D eigenvalue weighted by molar-refractivity contribution is 6.39. The van der Waals surface area contributed by atoms with Crippen molar-refractivity contribution in [3.05, 3.63) is 40.6 Å². The Morgan fingerprint density at radius 3 is 2.60 bits per heavy atom. The SMILES string of the molecule is CN1CCC(n2ccnc2-c2c(Cl)cccc2Cl)C1=O. The number of amides is 1. The summed E-state index contributed by atoms with van der Waals surface area (Å²) in [6.45, 7) is 0.747. The van der Waals surface area contributed by atoms with Crippen LogP contribution in [-0.4, -0.2) is 34.0 Å². The molecule has 1 unspecified atom stereocenters. The van der Waals surface area contributed by atoms with E-state index >= 15 is 0 Å². The van der Waals surface area contributed by atoms with Crippen LogP contribution >= 0.6 is 23.2 Å². The van der Waals surface area contributed by atoms with Crippen LogP contribution in [0, 0.1) is 0 Å². The largest absolute Gasteiger partial charge is 0.344 e. The molecule has 0 aliphatic carbocycles. The van der Waals surface area contributed by atoms with Crippen LogP contribution in [0.2, 0.25) is 10.0 Å². The van der Waals surface area contributed by atoms with Crippen LogP contribution in [0.1, 0.15) is 12.5 Å². The van der Waals surface area contributed by atoms with E-state index in [0.29, 0.717) is 21.4 Å². The van der Waals surface area contributed by atoms with E-state index in [1.54, 1.807) is 42.5 Å². The molecule has 1 fully saturated rings. The van der Waals surface area contributed by atoms with Gasteiger partial charge < -0.3 is 9.47 Å². The molecule has 1 aliphatic heterocycles. The number of rotatable bonds is 2. The molecule has 6 heteroatoms. The van der Waals surface area contributed by atoms with Gasteiger partial charge in [0.1, 0.15) is 11.9 Å². The van der Waals surface area contributed by atoms with Crippen molar-refractivity contribution in [3.63, 3.8) is 0 Å². The number of hydrogen-bond donors (Lipinski definition) is 0. The minimum absolute atomic E-state index is 0.0902. The predicted octanol–water partition coefficient (Wildman–Crippen LogP) is 3.26. The summed E-state index contributed by atoms with van der Waals surface area (Å²) in [5.41, 5.74) is 0.670. The lowest BCUT2D eigenvalue weighted by atomic mass is 10.2. The minimum atomic E-state index is -0.232. The number of carbonyl (C=O) groups excluding carboxylic acids is 1. The molecule has 0 radical (unpaired) electrons. The lowest BCUT2D eigenvalue weighted by Crippen LogP contribution is -2.24. The van der Waals surface area contributed by atoms with Gasteiger partial charge in [-0.05, 0) is 18.6 Å². The average Bonchev–Trinajstić information content (AvgIpc) is 2.98. The summed E-state index contributed by atoms with van der Waals surface area (Å²) in [5, 5.41) is 1.06. The first-order valence-electron chi connectivity index (χ1n) is 6.32. The van der Waals surface area contributed by atoms with Gasteiger partial charge in [0.25, 0.3) is 0 Å². The summed E-state index contributed by atoms with van der Waals surface area (Å²) in [6, 6.07) is 5.09. The highest BCUT2D eigenvalue weighted by Crippen LogP contribution is 2.36. The Kier molecular flexibility index (Phi) is 3.44. The second kappa shape index (κ2) is 5.11. The Bertz CT molecular complexity index is 648. The first-order chi connectivity index (χ1) is 9.59. The maximum atomic E-state index is 12.2. The van der Waals surface area contributed by atoms with Crippen LogP contribution in [0.5, 0.6) is 0 Å². The molecule has 1 aromatic carbocycles. The van der Waals surface area contributed by atoms with Crippen LogP contribution in [0.4, 0.5) is 0 Å². The second-order valence-corrected chi connectivity index (χ2v) is 5.63. The number of halogens is 2. The van der Waals surface area contributed by atoms with Crippen LogP contribution in [0.3, 0.4) is 0 Å². The number of imidazole rings is 1. The van der Waals surface area contributed by atoms with Gasteiger partial charge in [0.15, 0.2) is 0 Å². The molecule has 104 valence electrons. The van der Waals surface area contributed by atoms with Crippen molar-refractivity contribution in [2.45, 2.75) is 12.5 Å². The van der Waals surface area contributed by atoms with Crippen molar-refractivity contribution in [2.24, 2.45) is 0 Å². The monoisotopic (exact) mass is 309 g/mol. The van der Waals surface area contributed by atoms with Gasteiger partial charge in [-0.3, -0.25) is 4.79 Å². The lowest BCUT2D eigenvalue weighted by molar-refractivity contribution is -0.129. The van der Waals surface area contributed by atoms with E-state index in [2.05, 4.69) is 4.98 Å². The predicted molar refractivity (Wildman–Crippen MR) is 79.0 cm³/mol. The van der Waals surface area contributed by atoms with Crippen LogP contribution in [0.15, 0.2) is 30.6 Å². The minimum Gasteiger partial charge on any atom is -0.344 e. The molecule has 4 nitrogen and oxygen atoms in total. The third kappa shape index (κ3) is 2.09. The summed E-state index contributed by atoms with van der Waals surface area (Å²) in [6.07, 6.45) is 4.23. The molecule has 1 aliphatic rings. The zero-order valence-corrected chi connectivity index (χ0v) is 12.4. The Balaban J connectivity index is 2.10. The maximum Gasteiger partial charge on any atom is 0.245 e. The van der Waals surface area contributed by atoms with Gasteiger partial charge in [0.2, 0.25) is 5.91 Å². The molecule has 1 saturated heterocycles. The number of hydrogen-bond acceptors (Lipinski definition) is 2. The first-order valence-corrected chi connectivity index (χ1v) is 7.07. The van der Waals surface area contributed by atoms with E-state index in [0.717, 1.165) is 13.0 Å². The normalized spacial score (nSPS) is 18.9. The van der Waals surface area contributed by atoms with E-state index in [4.69, 9.17) is 23.2 Å². The van der Waals surface area contributed by atoms with Gasteiger partial charge in [-0.1, -0.05) is 29.3 Å². The highest BCUT2D eigenvalue weighted by atomic mass is 35.5. The number of carbonyl (C=O) groups is 1. The molecule has 3 rings (SSSR count). The molecule has 2 aromatic rings. The highest BCUT2D eigenvalue weighted by Gasteiger charge is 2.32. The Hall–Kier alpha value is -1.52. The summed E-state index contributed by atoms with van der Waals surface area (Å²) >= 11 is 12.5. The summed E-state index contributed by atoms with van der Waals surface area (Å²) in [5.74, 6) is 0.724. The maximum absolute atomic E-state index is 12.2. The summed E-state index contributed by atoms with van der Waals surface area (Å²) < 4.78 is 1.86. The molecule has 0 saturated carbocycles. The fourth-order valence-electron chi connectivity index (χ4n) is 2.53. The molecule has 1 atom stereocenters. The molecular formula is C14H13Cl2N3O. The smallest absolute Gasteiger partial charge is 0.245 e. The van der Waals surface area contributed by atoms with Crippen LogP contribution in [-0.2, 0) is 4.79 Å². The van der Waals surface area contributed by atoms with Crippen molar-refractivity contribution >= 4 is 29.1 Å². The number of benzene rings is 1. The van der Waals surface area contributed by atoms with Crippen molar-refractivity contribution in [2.75, 3.05) is 13.6 Å². The van der Waals surface area contributed by atoms with E-state index < -0.39 is 0 Å². The Morgan fingerprint density at radius 1 is 1.30 bits per heavy atom. The van der Waals surface area contributed by atoms with Gasteiger partial charge in [-0.2, -0.15) is 0 Å². The molecule has 0 bridgehead atoms. The van der Waals surface area contributed by atoms with Crippen molar-refractivity contribution in [3.8, 4) is 11.4 Å². The van der Waals surface area contributed by atoms with Gasteiger partial charge in [0, 0.05) is 26.0 Å². The van der Waals surface area contributed by atoms with Crippen molar-refractivity contribution < 1.29 is 4.79 Å². The lowest BCUT2D eigenvalue weighted by Gasteiger charge is -2.16. The van der Waals surface area contributed by atoms with E-state index in [1.807, 2.05) is 4.57 Å². The average molecular weight is 310 g/mol. The Labute approximate surface area is 126 Å². The quantitative estimate of drug-likeness (QED) is 0.854. The third-order valence-corrected chi connectivity index (χ3v) is 4.22. The molecule has 0 N–H and O–H groups in total. The van der Waals surface area contributed by atoms with Crippen molar-refractivity contribution in [1.29, 1.82) is 0 Å². The number of aromatic nitrogens is 2. The summed E-state index contributed by atoms with van der Waals surface area (Å²) in [4.78, 5) is 18.2. The molecule has 1 aromatic heterocycles. The summed E-state index contributed by atoms with van der Waals surface area (Å²) in [7, 11) is 1.81. The number of likely N-dealkylation sites (N-methyl/N-ethyl adjacent to an activating group) is 1. The second-order valence-electron chi connectivity index (χ2n) is 4.82. The van der Waals surface area contributed by atoms with Gasteiger partial charge >= 0.3 is 0 Å². The first kappa shape index (κ1) is 13.5. The molecular weight excluding hydrogens is 297 g/mol. The van der Waals surface area contributed by atoms with Crippen LogP contribution in [0.25, 0.3) is 11.4 Å². The van der Waals surface area contributed by atoms with Gasteiger partial charge in [0.05, 0.1) is 15.6 Å². The zero-order valence-electron chi connectivity index (χ0n) is 10.9. The number of likely N-dealkylation sites (tertiary alicyclic amines) is 1.